The van der Waals surface area contributed by atoms with E-state index in [1.54, 1.807) is 6.92 Å². The Hall–Kier alpha value is -1.10. The molecule has 0 aliphatic carbocycles. The van der Waals surface area contributed by atoms with Crippen molar-refractivity contribution >= 4 is 11.9 Å². The third kappa shape index (κ3) is 1.98. The Kier molecular flexibility index (Phi) is 2.87. The van der Waals surface area contributed by atoms with E-state index < -0.39 is 12.0 Å². The lowest BCUT2D eigenvalue weighted by atomic mass is 10.0. The topological polar surface area (TPSA) is 75.6 Å². The average Bonchev–Trinajstić information content (AvgIpc) is 2.46. The average molecular weight is 187 g/mol. The number of methoxy groups -OCH3 is 1. The van der Waals surface area contributed by atoms with Crippen LogP contribution < -0.4 is 5.32 Å². The fourth-order valence-electron chi connectivity index (χ4n) is 1.58. The number of carboxylic acids is 1. The first kappa shape index (κ1) is 9.98. The minimum atomic E-state index is -0.918. The number of rotatable bonds is 2. The fraction of sp³-hybridized carbons (Fsp3) is 0.750. The Morgan fingerprint density at radius 1 is 1.54 bits per heavy atom. The first-order chi connectivity index (χ1) is 6.06. The van der Waals surface area contributed by atoms with Crippen LogP contribution in [0.5, 0.6) is 0 Å². The Labute approximate surface area is 76.1 Å². The second-order valence-corrected chi connectivity index (χ2v) is 3.21. The van der Waals surface area contributed by atoms with E-state index >= 15 is 0 Å². The van der Waals surface area contributed by atoms with Crippen LogP contribution in [-0.4, -0.2) is 36.2 Å². The van der Waals surface area contributed by atoms with Gasteiger partial charge < -0.3 is 15.2 Å². The van der Waals surface area contributed by atoms with Gasteiger partial charge in [0.25, 0.3) is 0 Å². The van der Waals surface area contributed by atoms with E-state index in [1.165, 1.54) is 7.11 Å². The van der Waals surface area contributed by atoms with Crippen molar-refractivity contribution in [3.05, 3.63) is 0 Å². The summed E-state index contributed by atoms with van der Waals surface area (Å²) in [5.41, 5.74) is 0. The maximum absolute atomic E-state index is 11.1. The molecule has 1 aliphatic rings. The Morgan fingerprint density at radius 2 is 2.15 bits per heavy atom. The van der Waals surface area contributed by atoms with Crippen molar-refractivity contribution in [1.29, 1.82) is 0 Å². The zero-order chi connectivity index (χ0) is 10.0. The van der Waals surface area contributed by atoms with Crippen LogP contribution >= 0.6 is 0 Å². The van der Waals surface area contributed by atoms with Gasteiger partial charge in [-0.3, -0.25) is 9.59 Å². The van der Waals surface area contributed by atoms with Crippen LogP contribution in [0.1, 0.15) is 13.3 Å². The van der Waals surface area contributed by atoms with E-state index in [0.29, 0.717) is 6.42 Å². The predicted molar refractivity (Wildman–Crippen MR) is 44.1 cm³/mol. The van der Waals surface area contributed by atoms with Gasteiger partial charge in [0.1, 0.15) is 6.04 Å². The van der Waals surface area contributed by atoms with Gasteiger partial charge in [0.2, 0.25) is 0 Å². The van der Waals surface area contributed by atoms with Crippen molar-refractivity contribution in [3.8, 4) is 0 Å². The molecule has 0 aromatic heterocycles. The summed E-state index contributed by atoms with van der Waals surface area (Å²) in [5.74, 6) is -1.60. The summed E-state index contributed by atoms with van der Waals surface area (Å²) in [4.78, 5) is 21.7. The van der Waals surface area contributed by atoms with Crippen molar-refractivity contribution in [2.75, 3.05) is 7.11 Å². The molecule has 1 heterocycles. The van der Waals surface area contributed by atoms with Crippen molar-refractivity contribution in [1.82, 2.24) is 5.32 Å². The van der Waals surface area contributed by atoms with Crippen molar-refractivity contribution in [2.45, 2.75) is 25.4 Å². The SMILES string of the molecule is COC(=O)C1CC(C(=O)O)NC1C. The van der Waals surface area contributed by atoms with Crippen molar-refractivity contribution in [3.63, 3.8) is 0 Å². The molecule has 1 fully saturated rings. The van der Waals surface area contributed by atoms with E-state index in [0.717, 1.165) is 0 Å². The number of ether oxygens (including phenoxy) is 1. The minimum Gasteiger partial charge on any atom is -0.480 e. The number of hydrogen-bond acceptors (Lipinski definition) is 4. The van der Waals surface area contributed by atoms with Gasteiger partial charge in [-0.25, -0.2) is 0 Å². The molecule has 74 valence electrons. The van der Waals surface area contributed by atoms with Crippen LogP contribution in [0.4, 0.5) is 0 Å². The van der Waals surface area contributed by atoms with E-state index in [4.69, 9.17) is 5.11 Å². The number of hydrogen-bond donors (Lipinski definition) is 2. The van der Waals surface area contributed by atoms with E-state index in [1.807, 2.05) is 0 Å². The van der Waals surface area contributed by atoms with Crippen LogP contribution in [-0.2, 0) is 14.3 Å². The molecule has 0 bridgehead atoms. The van der Waals surface area contributed by atoms with Gasteiger partial charge >= 0.3 is 11.9 Å². The molecule has 3 atom stereocenters. The lowest BCUT2D eigenvalue weighted by Gasteiger charge is -2.10. The van der Waals surface area contributed by atoms with Crippen molar-refractivity contribution in [2.24, 2.45) is 5.92 Å². The quantitative estimate of drug-likeness (QED) is 0.576. The highest BCUT2D eigenvalue weighted by atomic mass is 16.5. The molecule has 0 aromatic rings. The lowest BCUT2D eigenvalue weighted by Crippen LogP contribution is -2.35. The molecule has 3 unspecified atom stereocenters. The highest BCUT2D eigenvalue weighted by Crippen LogP contribution is 2.21. The zero-order valence-electron chi connectivity index (χ0n) is 7.61. The normalized spacial score (nSPS) is 32.9. The molecule has 5 heteroatoms. The largest absolute Gasteiger partial charge is 0.480 e. The van der Waals surface area contributed by atoms with Crippen LogP contribution in [0.3, 0.4) is 0 Å². The summed E-state index contributed by atoms with van der Waals surface area (Å²) >= 11 is 0. The maximum Gasteiger partial charge on any atom is 0.320 e. The molecule has 0 amide bonds. The van der Waals surface area contributed by atoms with Crippen LogP contribution in [0.25, 0.3) is 0 Å². The monoisotopic (exact) mass is 187 g/mol. The number of carboxylic acid groups (broad SMARTS) is 1. The summed E-state index contributed by atoms with van der Waals surface area (Å²) in [6.07, 6.45) is 0.309. The van der Waals surface area contributed by atoms with E-state index in [-0.39, 0.29) is 17.9 Å². The standard InChI is InChI=1S/C8H13NO4/c1-4-5(8(12)13-2)3-6(9-4)7(10)11/h4-6,9H,3H2,1-2H3,(H,10,11). The highest BCUT2D eigenvalue weighted by Gasteiger charge is 2.39. The second-order valence-electron chi connectivity index (χ2n) is 3.21. The summed E-state index contributed by atoms with van der Waals surface area (Å²) in [6.45, 7) is 1.78. The molecule has 0 radical (unpaired) electrons. The predicted octanol–water partition coefficient (Wildman–Crippen LogP) is -0.389. The van der Waals surface area contributed by atoms with Crippen LogP contribution in [0.15, 0.2) is 0 Å². The summed E-state index contributed by atoms with van der Waals surface area (Å²) in [6, 6.07) is -0.757. The van der Waals surface area contributed by atoms with Crippen LogP contribution in [0.2, 0.25) is 0 Å². The maximum atomic E-state index is 11.1. The molecule has 2 N–H and O–H groups in total. The van der Waals surface area contributed by atoms with Crippen molar-refractivity contribution < 1.29 is 19.4 Å². The van der Waals surface area contributed by atoms with Crippen LogP contribution in [0, 0.1) is 5.92 Å². The molecule has 0 saturated carbocycles. The van der Waals surface area contributed by atoms with E-state index in [2.05, 4.69) is 10.1 Å². The van der Waals surface area contributed by atoms with Gasteiger partial charge in [-0.1, -0.05) is 0 Å². The Balaban J connectivity index is 2.61. The number of carbonyl (C=O) groups is 2. The smallest absolute Gasteiger partial charge is 0.320 e. The molecule has 13 heavy (non-hydrogen) atoms. The van der Waals surface area contributed by atoms with Gasteiger partial charge in [-0.05, 0) is 13.3 Å². The Morgan fingerprint density at radius 3 is 2.54 bits per heavy atom. The summed E-state index contributed by atoms with van der Waals surface area (Å²) < 4.78 is 4.56. The number of carbonyl (C=O) groups excluding carboxylic acids is 1. The molecule has 5 nitrogen and oxygen atoms in total. The third-order valence-electron chi connectivity index (χ3n) is 2.36. The molecular weight excluding hydrogens is 174 g/mol. The van der Waals surface area contributed by atoms with Gasteiger partial charge in [0.05, 0.1) is 13.0 Å². The van der Waals surface area contributed by atoms with Gasteiger partial charge in [-0.15, -0.1) is 0 Å². The van der Waals surface area contributed by atoms with Gasteiger partial charge in [-0.2, -0.15) is 0 Å². The first-order valence-electron chi connectivity index (χ1n) is 4.13. The number of nitrogens with one attached hydrogen (secondary N) is 1. The second kappa shape index (κ2) is 3.74. The zero-order valence-corrected chi connectivity index (χ0v) is 7.61. The lowest BCUT2D eigenvalue weighted by molar-refractivity contribution is -0.145. The summed E-state index contributed by atoms with van der Waals surface area (Å²) in [5, 5.41) is 11.5. The van der Waals surface area contributed by atoms with E-state index in [9.17, 15) is 9.59 Å². The Bertz CT molecular complexity index is 228. The number of aliphatic carboxylic acids is 1. The first-order valence-corrected chi connectivity index (χ1v) is 4.13. The highest BCUT2D eigenvalue weighted by molar-refractivity contribution is 5.79. The van der Waals surface area contributed by atoms with Gasteiger partial charge in [0, 0.05) is 6.04 Å². The minimum absolute atomic E-state index is 0.131. The molecule has 0 spiro atoms. The summed E-state index contributed by atoms with van der Waals surface area (Å²) in [7, 11) is 1.31. The number of esters is 1. The molecule has 1 saturated heterocycles. The van der Waals surface area contributed by atoms with Gasteiger partial charge in [0.15, 0.2) is 0 Å². The fourth-order valence-corrected chi connectivity index (χ4v) is 1.58. The third-order valence-corrected chi connectivity index (χ3v) is 2.36. The molecule has 0 aromatic carbocycles. The molecular formula is C8H13NO4. The molecule has 1 aliphatic heterocycles. The molecule has 1 rings (SSSR count).